The van der Waals surface area contributed by atoms with Crippen LogP contribution in [0.4, 0.5) is 5.69 Å². The van der Waals surface area contributed by atoms with Gasteiger partial charge in [0, 0.05) is 37.9 Å². The number of fused-ring (bicyclic) bond motifs is 1. The zero-order valence-electron chi connectivity index (χ0n) is 13.4. The van der Waals surface area contributed by atoms with Crippen LogP contribution in [0.25, 0.3) is 0 Å². The molecule has 1 N–H and O–H groups in total. The smallest absolute Gasteiger partial charge is 0.0419 e. The lowest BCUT2D eigenvalue weighted by Gasteiger charge is -2.32. The standard InChI is InChI=1S/C18H27N3.ClH/c1-2-10-21(11-3-1)17-8-12-20(14-17)13-16-6-4-5-15-7-9-19-18(15)16;/h4-6,17,19H,1-3,7-14H2;1H. The molecule has 0 amide bonds. The Labute approximate surface area is 140 Å². The molecular weight excluding hydrogens is 294 g/mol. The Morgan fingerprint density at radius 3 is 2.82 bits per heavy atom. The number of piperidine rings is 1. The van der Waals surface area contributed by atoms with Crippen LogP contribution < -0.4 is 5.32 Å². The van der Waals surface area contributed by atoms with E-state index in [1.165, 1.54) is 75.1 Å². The van der Waals surface area contributed by atoms with Crippen molar-refractivity contribution in [2.75, 3.05) is 38.0 Å². The second-order valence-electron chi connectivity index (χ2n) is 6.90. The predicted octanol–water partition coefficient (Wildman–Crippen LogP) is 3.14. The van der Waals surface area contributed by atoms with E-state index in [0.717, 1.165) is 19.1 Å². The topological polar surface area (TPSA) is 18.5 Å². The van der Waals surface area contributed by atoms with E-state index in [4.69, 9.17) is 0 Å². The van der Waals surface area contributed by atoms with Crippen LogP contribution in [0.2, 0.25) is 0 Å². The van der Waals surface area contributed by atoms with Gasteiger partial charge in [0.05, 0.1) is 0 Å². The first kappa shape index (κ1) is 16.1. The van der Waals surface area contributed by atoms with E-state index in [1.807, 2.05) is 0 Å². The monoisotopic (exact) mass is 321 g/mol. The number of para-hydroxylation sites is 1. The highest BCUT2D eigenvalue weighted by molar-refractivity contribution is 5.85. The molecule has 0 radical (unpaired) electrons. The number of anilines is 1. The molecular formula is C18H28ClN3. The number of nitrogens with one attached hydrogen (secondary N) is 1. The maximum absolute atomic E-state index is 3.58. The van der Waals surface area contributed by atoms with Crippen molar-refractivity contribution in [2.24, 2.45) is 0 Å². The Balaban J connectivity index is 0.00000144. The molecule has 3 aliphatic rings. The van der Waals surface area contributed by atoms with Crippen molar-refractivity contribution in [3.05, 3.63) is 29.3 Å². The van der Waals surface area contributed by atoms with Crippen molar-refractivity contribution in [3.8, 4) is 0 Å². The van der Waals surface area contributed by atoms with Crippen LogP contribution in [0.5, 0.6) is 0 Å². The summed E-state index contributed by atoms with van der Waals surface area (Å²) in [6.45, 7) is 7.44. The van der Waals surface area contributed by atoms with Gasteiger partial charge < -0.3 is 5.32 Å². The Bertz CT molecular complexity index is 499. The fourth-order valence-electron chi connectivity index (χ4n) is 4.32. The number of hydrogen-bond donors (Lipinski definition) is 1. The predicted molar refractivity (Wildman–Crippen MR) is 95.0 cm³/mol. The quantitative estimate of drug-likeness (QED) is 0.922. The summed E-state index contributed by atoms with van der Waals surface area (Å²) in [4.78, 5) is 5.41. The lowest BCUT2D eigenvalue weighted by atomic mass is 10.1. The van der Waals surface area contributed by atoms with Crippen molar-refractivity contribution in [1.29, 1.82) is 0 Å². The highest BCUT2D eigenvalue weighted by Gasteiger charge is 2.29. The van der Waals surface area contributed by atoms with Crippen LogP contribution in [0, 0.1) is 0 Å². The molecule has 3 aliphatic heterocycles. The molecule has 0 aliphatic carbocycles. The largest absolute Gasteiger partial charge is 0.384 e. The van der Waals surface area contributed by atoms with Crippen molar-refractivity contribution in [2.45, 2.75) is 44.7 Å². The van der Waals surface area contributed by atoms with Gasteiger partial charge in [-0.1, -0.05) is 24.6 Å². The number of nitrogens with zero attached hydrogens (tertiary/aromatic N) is 2. The van der Waals surface area contributed by atoms with Gasteiger partial charge in [-0.15, -0.1) is 12.4 Å². The first-order chi connectivity index (χ1) is 10.4. The fourth-order valence-corrected chi connectivity index (χ4v) is 4.32. The molecule has 0 aromatic heterocycles. The third kappa shape index (κ3) is 3.27. The van der Waals surface area contributed by atoms with Crippen molar-refractivity contribution >= 4 is 18.1 Å². The summed E-state index contributed by atoms with van der Waals surface area (Å²) in [7, 11) is 0. The van der Waals surface area contributed by atoms with E-state index >= 15 is 0 Å². The van der Waals surface area contributed by atoms with Crippen molar-refractivity contribution in [1.82, 2.24) is 9.80 Å². The van der Waals surface area contributed by atoms with E-state index in [2.05, 4.69) is 33.3 Å². The van der Waals surface area contributed by atoms with Gasteiger partial charge >= 0.3 is 0 Å². The zero-order chi connectivity index (χ0) is 14.1. The molecule has 1 aromatic carbocycles. The number of benzene rings is 1. The lowest BCUT2D eigenvalue weighted by molar-refractivity contribution is 0.161. The summed E-state index contributed by atoms with van der Waals surface area (Å²) in [6.07, 6.45) is 6.82. The Kier molecular flexibility index (Phi) is 5.27. The summed E-state index contributed by atoms with van der Waals surface area (Å²) in [5, 5.41) is 3.58. The Morgan fingerprint density at radius 1 is 1.09 bits per heavy atom. The summed E-state index contributed by atoms with van der Waals surface area (Å²) >= 11 is 0. The van der Waals surface area contributed by atoms with Gasteiger partial charge in [-0.05, 0) is 49.9 Å². The number of hydrogen-bond acceptors (Lipinski definition) is 3. The van der Waals surface area contributed by atoms with Gasteiger partial charge in [0.1, 0.15) is 0 Å². The molecule has 4 rings (SSSR count). The normalized spacial score (nSPS) is 25.5. The van der Waals surface area contributed by atoms with Gasteiger partial charge in [-0.3, -0.25) is 9.80 Å². The average molecular weight is 322 g/mol. The third-order valence-corrected chi connectivity index (χ3v) is 5.48. The summed E-state index contributed by atoms with van der Waals surface area (Å²) in [6, 6.07) is 7.64. The second kappa shape index (κ2) is 7.20. The van der Waals surface area contributed by atoms with E-state index in [9.17, 15) is 0 Å². The molecule has 0 saturated carbocycles. The fraction of sp³-hybridized carbons (Fsp3) is 0.667. The molecule has 1 atom stereocenters. The van der Waals surface area contributed by atoms with Gasteiger partial charge in [0.15, 0.2) is 0 Å². The molecule has 0 spiro atoms. The highest BCUT2D eigenvalue weighted by atomic mass is 35.5. The van der Waals surface area contributed by atoms with Gasteiger partial charge in [0.2, 0.25) is 0 Å². The van der Waals surface area contributed by atoms with Gasteiger partial charge in [-0.25, -0.2) is 0 Å². The number of likely N-dealkylation sites (tertiary alicyclic amines) is 2. The Hall–Kier alpha value is -0.770. The van der Waals surface area contributed by atoms with Crippen molar-refractivity contribution in [3.63, 3.8) is 0 Å². The van der Waals surface area contributed by atoms with Crippen molar-refractivity contribution < 1.29 is 0 Å². The van der Waals surface area contributed by atoms with E-state index in [-0.39, 0.29) is 12.4 Å². The maximum atomic E-state index is 3.58. The molecule has 122 valence electrons. The van der Waals surface area contributed by atoms with Crippen LogP contribution in [0.3, 0.4) is 0 Å². The van der Waals surface area contributed by atoms with E-state index < -0.39 is 0 Å². The summed E-state index contributed by atoms with van der Waals surface area (Å²) < 4.78 is 0. The molecule has 2 saturated heterocycles. The first-order valence-electron chi connectivity index (χ1n) is 8.71. The van der Waals surface area contributed by atoms with Gasteiger partial charge in [-0.2, -0.15) is 0 Å². The van der Waals surface area contributed by atoms with Crippen LogP contribution in [0.15, 0.2) is 18.2 Å². The summed E-state index contributed by atoms with van der Waals surface area (Å²) in [5.74, 6) is 0. The molecule has 4 heteroatoms. The van der Waals surface area contributed by atoms with Crippen LogP contribution in [-0.2, 0) is 13.0 Å². The number of rotatable bonds is 3. The van der Waals surface area contributed by atoms with Crippen LogP contribution in [0.1, 0.15) is 36.8 Å². The maximum Gasteiger partial charge on any atom is 0.0419 e. The zero-order valence-corrected chi connectivity index (χ0v) is 14.2. The molecule has 22 heavy (non-hydrogen) atoms. The molecule has 3 nitrogen and oxygen atoms in total. The molecule has 2 fully saturated rings. The minimum atomic E-state index is 0. The van der Waals surface area contributed by atoms with Gasteiger partial charge in [0.25, 0.3) is 0 Å². The van der Waals surface area contributed by atoms with Crippen LogP contribution in [-0.4, -0.2) is 48.6 Å². The van der Waals surface area contributed by atoms with Crippen LogP contribution >= 0.6 is 12.4 Å². The summed E-state index contributed by atoms with van der Waals surface area (Å²) in [5.41, 5.74) is 4.45. The minimum Gasteiger partial charge on any atom is -0.384 e. The Morgan fingerprint density at radius 2 is 1.95 bits per heavy atom. The molecule has 1 unspecified atom stereocenters. The number of halogens is 1. The molecule has 1 aromatic rings. The van der Waals surface area contributed by atoms with E-state index in [0.29, 0.717) is 0 Å². The SMILES string of the molecule is Cl.c1cc2c(c(CN3CCC(N4CCCCC4)C3)c1)NCC2. The average Bonchev–Trinajstić information content (AvgIpc) is 3.17. The first-order valence-corrected chi connectivity index (χ1v) is 8.71. The minimum absolute atomic E-state index is 0. The second-order valence-corrected chi connectivity index (χ2v) is 6.90. The third-order valence-electron chi connectivity index (χ3n) is 5.48. The molecule has 3 heterocycles. The lowest BCUT2D eigenvalue weighted by Crippen LogP contribution is -2.40. The molecule has 0 bridgehead atoms. The van der Waals surface area contributed by atoms with E-state index in [1.54, 1.807) is 0 Å². The highest BCUT2D eigenvalue weighted by Crippen LogP contribution is 2.29.